The predicted molar refractivity (Wildman–Crippen MR) is 84.2 cm³/mol. The first-order chi connectivity index (χ1) is 8.07. The molecule has 0 fully saturated rings. The molecule has 110 valence electrons. The Balaban J connectivity index is 0. The van der Waals surface area contributed by atoms with Gasteiger partial charge in [0.1, 0.15) is 5.82 Å². The van der Waals surface area contributed by atoms with Gasteiger partial charge in [-0.05, 0) is 37.5 Å². The SMILES string of the molecule is CCC(CC)(CN)C(=O)Nc1cc(C)ccn1.Cl.Cl. The van der Waals surface area contributed by atoms with Crippen LogP contribution in [0.3, 0.4) is 0 Å². The van der Waals surface area contributed by atoms with E-state index in [2.05, 4.69) is 10.3 Å². The lowest BCUT2D eigenvalue weighted by molar-refractivity contribution is -0.125. The molecule has 4 nitrogen and oxygen atoms in total. The van der Waals surface area contributed by atoms with Gasteiger partial charge in [0.2, 0.25) is 5.91 Å². The van der Waals surface area contributed by atoms with Crippen LogP contribution in [0, 0.1) is 12.3 Å². The van der Waals surface area contributed by atoms with Crippen molar-refractivity contribution in [2.45, 2.75) is 33.6 Å². The summed E-state index contributed by atoms with van der Waals surface area (Å²) in [6, 6.07) is 3.75. The van der Waals surface area contributed by atoms with Crippen LogP contribution in [0.1, 0.15) is 32.3 Å². The van der Waals surface area contributed by atoms with E-state index in [-0.39, 0.29) is 30.7 Å². The number of amides is 1. The average Bonchev–Trinajstić information content (AvgIpc) is 2.32. The van der Waals surface area contributed by atoms with Crippen LogP contribution >= 0.6 is 24.8 Å². The fourth-order valence-corrected chi connectivity index (χ4v) is 1.81. The highest BCUT2D eigenvalue weighted by Gasteiger charge is 2.33. The molecule has 19 heavy (non-hydrogen) atoms. The van der Waals surface area contributed by atoms with Crippen LogP contribution in [0.2, 0.25) is 0 Å². The largest absolute Gasteiger partial charge is 0.329 e. The summed E-state index contributed by atoms with van der Waals surface area (Å²) in [4.78, 5) is 16.3. The van der Waals surface area contributed by atoms with Gasteiger partial charge in [-0.15, -0.1) is 24.8 Å². The molecule has 3 N–H and O–H groups in total. The van der Waals surface area contributed by atoms with Crippen molar-refractivity contribution in [3.63, 3.8) is 0 Å². The molecular weight excluding hydrogens is 285 g/mol. The summed E-state index contributed by atoms with van der Waals surface area (Å²) in [5, 5.41) is 2.85. The van der Waals surface area contributed by atoms with Gasteiger partial charge < -0.3 is 11.1 Å². The average molecular weight is 308 g/mol. The van der Waals surface area contributed by atoms with Gasteiger partial charge in [0.25, 0.3) is 0 Å². The van der Waals surface area contributed by atoms with Crippen molar-refractivity contribution < 1.29 is 4.79 Å². The second-order valence-electron chi connectivity index (χ2n) is 4.36. The third-order valence-corrected chi connectivity index (χ3v) is 3.38. The minimum absolute atomic E-state index is 0. The topological polar surface area (TPSA) is 68.0 Å². The number of pyridine rings is 1. The van der Waals surface area contributed by atoms with Gasteiger partial charge in [-0.3, -0.25) is 4.79 Å². The third-order valence-electron chi connectivity index (χ3n) is 3.38. The number of anilines is 1. The Morgan fingerprint density at radius 2 is 1.95 bits per heavy atom. The highest BCUT2D eigenvalue weighted by molar-refractivity contribution is 5.94. The molecule has 0 saturated heterocycles. The van der Waals surface area contributed by atoms with E-state index in [1.165, 1.54) is 0 Å². The minimum Gasteiger partial charge on any atom is -0.329 e. The molecule has 0 radical (unpaired) electrons. The first kappa shape index (κ1) is 20.5. The minimum atomic E-state index is -0.481. The quantitative estimate of drug-likeness (QED) is 0.879. The number of aryl methyl sites for hydroxylation is 1. The Kier molecular flexibility index (Phi) is 9.84. The van der Waals surface area contributed by atoms with Gasteiger partial charge in [0, 0.05) is 12.7 Å². The van der Waals surface area contributed by atoms with Crippen LogP contribution in [-0.4, -0.2) is 17.4 Å². The molecule has 1 amide bonds. The van der Waals surface area contributed by atoms with Gasteiger partial charge >= 0.3 is 0 Å². The molecule has 1 rings (SSSR count). The molecule has 0 spiro atoms. The van der Waals surface area contributed by atoms with Crippen molar-refractivity contribution in [1.82, 2.24) is 4.98 Å². The Labute approximate surface area is 127 Å². The van der Waals surface area contributed by atoms with Gasteiger partial charge in [-0.1, -0.05) is 13.8 Å². The van der Waals surface area contributed by atoms with Crippen molar-refractivity contribution in [3.8, 4) is 0 Å². The summed E-state index contributed by atoms with van der Waals surface area (Å²) in [6.07, 6.45) is 3.16. The van der Waals surface area contributed by atoms with Crippen LogP contribution in [0.25, 0.3) is 0 Å². The number of hydrogen-bond acceptors (Lipinski definition) is 3. The Bertz CT molecular complexity index is 387. The number of hydrogen-bond donors (Lipinski definition) is 2. The number of carbonyl (C=O) groups is 1. The second-order valence-corrected chi connectivity index (χ2v) is 4.36. The van der Waals surface area contributed by atoms with Crippen molar-refractivity contribution >= 4 is 36.5 Å². The molecule has 0 atom stereocenters. The van der Waals surface area contributed by atoms with Gasteiger partial charge in [0.05, 0.1) is 5.41 Å². The Hall–Kier alpha value is -0.840. The van der Waals surface area contributed by atoms with Gasteiger partial charge in [0.15, 0.2) is 0 Å². The zero-order valence-electron chi connectivity index (χ0n) is 11.6. The lowest BCUT2D eigenvalue weighted by Gasteiger charge is -2.28. The third kappa shape index (κ3) is 4.97. The van der Waals surface area contributed by atoms with E-state index in [0.29, 0.717) is 12.4 Å². The Morgan fingerprint density at radius 3 is 2.37 bits per heavy atom. The maximum atomic E-state index is 12.2. The fraction of sp³-hybridized carbons (Fsp3) is 0.538. The number of carbonyl (C=O) groups excluding carboxylic acids is 1. The number of nitrogens with two attached hydrogens (primary N) is 1. The standard InChI is InChI=1S/C13H21N3O.2ClH/c1-4-13(5-2,9-14)12(17)16-11-8-10(3)6-7-15-11;;/h6-8H,4-5,9,14H2,1-3H3,(H,15,16,17);2*1H. The van der Waals surface area contributed by atoms with Crippen LogP contribution < -0.4 is 11.1 Å². The van der Waals surface area contributed by atoms with E-state index < -0.39 is 5.41 Å². The molecule has 1 aromatic heterocycles. The normalized spacial score (nSPS) is 10.1. The lowest BCUT2D eigenvalue weighted by Crippen LogP contribution is -2.41. The summed E-state index contributed by atoms with van der Waals surface area (Å²) in [7, 11) is 0. The van der Waals surface area contributed by atoms with Crippen LogP contribution in [-0.2, 0) is 4.79 Å². The molecule has 0 bridgehead atoms. The first-order valence-corrected chi connectivity index (χ1v) is 6.02. The summed E-state index contributed by atoms with van der Waals surface area (Å²) in [6.45, 7) is 6.30. The van der Waals surface area contributed by atoms with E-state index in [1.54, 1.807) is 6.20 Å². The second kappa shape index (κ2) is 9.13. The molecule has 0 aliphatic carbocycles. The van der Waals surface area contributed by atoms with Gasteiger partial charge in [-0.25, -0.2) is 4.98 Å². The number of halogens is 2. The molecule has 0 aliphatic rings. The zero-order chi connectivity index (χ0) is 12.9. The summed E-state index contributed by atoms with van der Waals surface area (Å²) in [5.41, 5.74) is 6.32. The maximum absolute atomic E-state index is 12.2. The number of rotatable bonds is 5. The fourth-order valence-electron chi connectivity index (χ4n) is 1.81. The van der Waals surface area contributed by atoms with E-state index >= 15 is 0 Å². The number of nitrogens with one attached hydrogen (secondary N) is 1. The van der Waals surface area contributed by atoms with Crippen LogP contribution in [0.5, 0.6) is 0 Å². The van der Waals surface area contributed by atoms with Crippen molar-refractivity contribution in [1.29, 1.82) is 0 Å². The first-order valence-electron chi connectivity index (χ1n) is 6.02. The van der Waals surface area contributed by atoms with Gasteiger partial charge in [-0.2, -0.15) is 0 Å². The monoisotopic (exact) mass is 307 g/mol. The molecular formula is C13H23Cl2N3O. The summed E-state index contributed by atoms with van der Waals surface area (Å²) < 4.78 is 0. The maximum Gasteiger partial charge on any atom is 0.233 e. The molecule has 0 saturated carbocycles. The van der Waals surface area contributed by atoms with E-state index in [1.807, 2.05) is 32.9 Å². The highest BCUT2D eigenvalue weighted by Crippen LogP contribution is 2.26. The zero-order valence-corrected chi connectivity index (χ0v) is 13.2. The van der Waals surface area contributed by atoms with Crippen molar-refractivity contribution in [2.24, 2.45) is 11.1 Å². The molecule has 1 heterocycles. The van der Waals surface area contributed by atoms with Crippen LogP contribution in [0.15, 0.2) is 18.3 Å². The smallest absolute Gasteiger partial charge is 0.233 e. The molecule has 0 aliphatic heterocycles. The number of aromatic nitrogens is 1. The van der Waals surface area contributed by atoms with E-state index in [0.717, 1.165) is 18.4 Å². The van der Waals surface area contributed by atoms with Crippen LogP contribution in [0.4, 0.5) is 5.82 Å². The van der Waals surface area contributed by atoms with E-state index in [9.17, 15) is 4.79 Å². The highest BCUT2D eigenvalue weighted by atomic mass is 35.5. The predicted octanol–water partition coefficient (Wildman–Crippen LogP) is 2.94. The molecule has 6 heteroatoms. The lowest BCUT2D eigenvalue weighted by atomic mass is 9.81. The van der Waals surface area contributed by atoms with Crippen molar-refractivity contribution in [3.05, 3.63) is 23.9 Å². The molecule has 1 aromatic rings. The summed E-state index contributed by atoms with van der Waals surface area (Å²) in [5.74, 6) is 0.554. The molecule has 0 aromatic carbocycles. The van der Waals surface area contributed by atoms with E-state index in [4.69, 9.17) is 5.73 Å². The van der Waals surface area contributed by atoms with Crippen molar-refractivity contribution in [2.75, 3.05) is 11.9 Å². The molecule has 0 unspecified atom stereocenters. The number of nitrogens with zero attached hydrogens (tertiary/aromatic N) is 1. The summed E-state index contributed by atoms with van der Waals surface area (Å²) >= 11 is 0. The Morgan fingerprint density at radius 1 is 1.37 bits per heavy atom.